The molecule has 0 fully saturated rings. The average molecular weight is 471 g/mol. The number of anilines is 1. The highest BCUT2D eigenvalue weighted by atomic mass is 32.2. The number of nitrogens with zero attached hydrogens (tertiary/aromatic N) is 5. The first-order chi connectivity index (χ1) is 16.7. The second-order valence-corrected chi connectivity index (χ2v) is 8.55. The first kappa shape index (κ1) is 21.7. The van der Waals surface area contributed by atoms with E-state index in [0.717, 1.165) is 22.0 Å². The zero-order chi connectivity index (χ0) is 23.2. The van der Waals surface area contributed by atoms with Crippen molar-refractivity contribution in [2.24, 2.45) is 0 Å². The second kappa shape index (κ2) is 10.2. The van der Waals surface area contributed by atoms with E-state index in [1.165, 1.54) is 6.33 Å². The van der Waals surface area contributed by atoms with Crippen LogP contribution in [-0.4, -0.2) is 36.7 Å². The Morgan fingerprint density at radius 2 is 1.97 bits per heavy atom. The molecule has 5 rings (SSSR count). The minimum absolute atomic E-state index is 0.170. The molecule has 5 aromatic rings. The van der Waals surface area contributed by atoms with Gasteiger partial charge in [-0.1, -0.05) is 12.1 Å². The van der Waals surface area contributed by atoms with Crippen LogP contribution in [0.5, 0.6) is 5.75 Å². The Balaban J connectivity index is 1.14. The van der Waals surface area contributed by atoms with Crippen LogP contribution in [0.2, 0.25) is 0 Å². The van der Waals surface area contributed by atoms with Crippen molar-refractivity contribution < 1.29 is 9.53 Å². The van der Waals surface area contributed by atoms with Crippen molar-refractivity contribution in [2.45, 2.75) is 17.2 Å². The van der Waals surface area contributed by atoms with Crippen LogP contribution in [0.25, 0.3) is 5.65 Å². The fourth-order valence-corrected chi connectivity index (χ4v) is 4.17. The summed E-state index contributed by atoms with van der Waals surface area (Å²) in [5.41, 5.74) is 3.22. The van der Waals surface area contributed by atoms with E-state index in [1.54, 1.807) is 28.8 Å². The van der Waals surface area contributed by atoms with E-state index in [9.17, 15) is 4.79 Å². The molecule has 9 heteroatoms. The number of nitrogens with one attached hydrogen (secondary N) is 1. The van der Waals surface area contributed by atoms with Crippen molar-refractivity contribution in [3.63, 3.8) is 0 Å². The Labute approximate surface area is 200 Å². The van der Waals surface area contributed by atoms with Gasteiger partial charge in [0, 0.05) is 40.4 Å². The highest BCUT2D eigenvalue weighted by molar-refractivity contribution is 7.98. The van der Waals surface area contributed by atoms with E-state index >= 15 is 0 Å². The van der Waals surface area contributed by atoms with Gasteiger partial charge in [-0.2, -0.15) is 5.10 Å². The van der Waals surface area contributed by atoms with Gasteiger partial charge >= 0.3 is 0 Å². The molecule has 0 spiro atoms. The van der Waals surface area contributed by atoms with E-state index in [0.29, 0.717) is 30.2 Å². The van der Waals surface area contributed by atoms with E-state index in [4.69, 9.17) is 4.74 Å². The van der Waals surface area contributed by atoms with Gasteiger partial charge in [-0.3, -0.25) is 4.79 Å². The normalized spacial score (nSPS) is 10.9. The van der Waals surface area contributed by atoms with Gasteiger partial charge < -0.3 is 14.5 Å². The molecule has 1 amide bonds. The van der Waals surface area contributed by atoms with Crippen molar-refractivity contribution in [3.05, 3.63) is 103 Å². The molecule has 2 aromatic carbocycles. The van der Waals surface area contributed by atoms with Crippen LogP contribution < -0.4 is 10.1 Å². The zero-order valence-electron chi connectivity index (χ0n) is 18.2. The number of hydrogen-bond donors (Lipinski definition) is 1. The fourth-order valence-electron chi connectivity index (χ4n) is 3.39. The summed E-state index contributed by atoms with van der Waals surface area (Å²) in [6.45, 7) is 1.05. The van der Waals surface area contributed by atoms with Crippen LogP contribution >= 0.6 is 11.8 Å². The average Bonchev–Trinajstić information content (AvgIpc) is 3.53. The predicted molar refractivity (Wildman–Crippen MR) is 131 cm³/mol. The Morgan fingerprint density at radius 3 is 2.79 bits per heavy atom. The number of thioether (sulfide) groups is 1. The Kier molecular flexibility index (Phi) is 6.53. The molecule has 0 aliphatic carbocycles. The molecule has 3 aromatic heterocycles. The van der Waals surface area contributed by atoms with Crippen LogP contribution in [0.3, 0.4) is 0 Å². The second-order valence-electron chi connectivity index (χ2n) is 7.50. The number of carbonyl (C=O) groups is 1. The SMILES string of the molecule is O=C(Nc1cccc(OCCn2cncn2)c1)c1ccc(SCc2cn3ccccc3n2)cc1. The first-order valence-corrected chi connectivity index (χ1v) is 11.7. The standard InChI is InChI=1S/C25H22N6O2S/c32-25(29-20-4-3-5-22(14-20)33-13-12-31-18-26-17-27-31)19-7-9-23(10-8-19)34-16-21-15-30-11-2-1-6-24(30)28-21/h1-11,14-15,17-18H,12-13,16H2,(H,29,32). The van der Waals surface area contributed by atoms with Gasteiger partial charge in [0.15, 0.2) is 0 Å². The summed E-state index contributed by atoms with van der Waals surface area (Å²) in [7, 11) is 0. The zero-order valence-corrected chi connectivity index (χ0v) is 19.1. The number of benzene rings is 2. The predicted octanol–water partition coefficient (Wildman–Crippen LogP) is 4.55. The monoisotopic (exact) mass is 470 g/mol. The van der Waals surface area contributed by atoms with Crippen molar-refractivity contribution in [1.29, 1.82) is 0 Å². The minimum atomic E-state index is -0.170. The number of hydrogen-bond acceptors (Lipinski definition) is 6. The summed E-state index contributed by atoms with van der Waals surface area (Å²) >= 11 is 1.69. The summed E-state index contributed by atoms with van der Waals surface area (Å²) in [6, 6.07) is 20.9. The Morgan fingerprint density at radius 1 is 1.06 bits per heavy atom. The third-order valence-corrected chi connectivity index (χ3v) is 6.11. The number of ether oxygens (including phenoxy) is 1. The number of imidazole rings is 1. The topological polar surface area (TPSA) is 86.3 Å². The number of pyridine rings is 1. The number of fused-ring (bicyclic) bond motifs is 1. The molecular weight excluding hydrogens is 448 g/mol. The largest absolute Gasteiger partial charge is 0.492 e. The molecule has 0 saturated heterocycles. The number of rotatable bonds is 9. The molecule has 3 heterocycles. The maximum atomic E-state index is 12.7. The summed E-state index contributed by atoms with van der Waals surface area (Å²) in [5, 5.41) is 6.97. The molecule has 0 unspecified atom stereocenters. The lowest BCUT2D eigenvalue weighted by Crippen LogP contribution is -2.12. The summed E-state index contributed by atoms with van der Waals surface area (Å²) in [4.78, 5) is 22.3. The van der Waals surface area contributed by atoms with Gasteiger partial charge in [0.25, 0.3) is 5.91 Å². The molecule has 0 saturated carbocycles. The highest BCUT2D eigenvalue weighted by Gasteiger charge is 2.08. The summed E-state index contributed by atoms with van der Waals surface area (Å²) < 4.78 is 9.47. The molecule has 0 atom stereocenters. The molecule has 1 N–H and O–H groups in total. The van der Waals surface area contributed by atoms with E-state index in [1.807, 2.05) is 77.5 Å². The third-order valence-electron chi connectivity index (χ3n) is 5.06. The maximum Gasteiger partial charge on any atom is 0.255 e. The highest BCUT2D eigenvalue weighted by Crippen LogP contribution is 2.24. The minimum Gasteiger partial charge on any atom is -0.492 e. The van der Waals surface area contributed by atoms with Crippen LogP contribution in [0, 0.1) is 0 Å². The van der Waals surface area contributed by atoms with Crippen LogP contribution in [0.4, 0.5) is 5.69 Å². The molecule has 170 valence electrons. The van der Waals surface area contributed by atoms with Crippen molar-refractivity contribution >= 4 is 29.0 Å². The quantitative estimate of drug-likeness (QED) is 0.318. The van der Waals surface area contributed by atoms with Gasteiger partial charge in [-0.15, -0.1) is 11.8 Å². The fraction of sp³-hybridized carbons (Fsp3) is 0.120. The Hall–Kier alpha value is -4.11. The molecule has 0 bridgehead atoms. The molecular formula is C25H22N6O2S. The van der Waals surface area contributed by atoms with Crippen LogP contribution in [-0.2, 0) is 12.3 Å². The Bertz CT molecular complexity index is 1350. The maximum absolute atomic E-state index is 12.7. The molecule has 0 radical (unpaired) electrons. The molecule has 0 aliphatic heterocycles. The van der Waals surface area contributed by atoms with E-state index in [-0.39, 0.29) is 5.91 Å². The summed E-state index contributed by atoms with van der Waals surface area (Å²) in [5.74, 6) is 1.27. The van der Waals surface area contributed by atoms with Gasteiger partial charge in [-0.25, -0.2) is 14.6 Å². The number of amides is 1. The van der Waals surface area contributed by atoms with E-state index < -0.39 is 0 Å². The van der Waals surface area contributed by atoms with Crippen molar-refractivity contribution in [1.82, 2.24) is 24.1 Å². The van der Waals surface area contributed by atoms with E-state index in [2.05, 4.69) is 20.4 Å². The molecule has 8 nitrogen and oxygen atoms in total. The molecule has 0 aliphatic rings. The van der Waals surface area contributed by atoms with Crippen LogP contribution in [0.15, 0.2) is 96.7 Å². The van der Waals surface area contributed by atoms with Gasteiger partial charge in [0.1, 0.15) is 30.7 Å². The lowest BCUT2D eigenvalue weighted by atomic mass is 10.2. The van der Waals surface area contributed by atoms with Gasteiger partial charge in [0.2, 0.25) is 0 Å². The summed E-state index contributed by atoms with van der Waals surface area (Å²) in [6.07, 6.45) is 7.16. The van der Waals surface area contributed by atoms with Crippen LogP contribution in [0.1, 0.15) is 16.1 Å². The number of aromatic nitrogens is 5. The number of carbonyl (C=O) groups excluding carboxylic acids is 1. The van der Waals surface area contributed by atoms with Gasteiger partial charge in [0.05, 0.1) is 12.2 Å². The smallest absolute Gasteiger partial charge is 0.255 e. The van der Waals surface area contributed by atoms with Crippen molar-refractivity contribution in [2.75, 3.05) is 11.9 Å². The lowest BCUT2D eigenvalue weighted by molar-refractivity contribution is 0.102. The third kappa shape index (κ3) is 5.44. The molecule has 34 heavy (non-hydrogen) atoms. The van der Waals surface area contributed by atoms with Gasteiger partial charge in [-0.05, 0) is 48.5 Å². The lowest BCUT2D eigenvalue weighted by Gasteiger charge is -2.09. The van der Waals surface area contributed by atoms with Crippen molar-refractivity contribution in [3.8, 4) is 5.75 Å². The first-order valence-electron chi connectivity index (χ1n) is 10.7.